The first-order chi connectivity index (χ1) is 12.0. The molecule has 0 saturated carbocycles. The molecule has 2 aromatic carbocycles. The quantitative estimate of drug-likeness (QED) is 0.496. The largest absolute Gasteiger partial charge is 0.507 e. The van der Waals surface area contributed by atoms with E-state index in [-0.39, 0.29) is 18.4 Å². The summed E-state index contributed by atoms with van der Waals surface area (Å²) in [5, 5.41) is 18.9. The van der Waals surface area contributed by atoms with Gasteiger partial charge in [0.2, 0.25) is 0 Å². The molecule has 0 aliphatic carbocycles. The van der Waals surface area contributed by atoms with Gasteiger partial charge in [0.15, 0.2) is 0 Å². The van der Waals surface area contributed by atoms with Gasteiger partial charge in [0, 0.05) is 14.5 Å². The third kappa shape index (κ3) is 4.23. The Bertz CT molecular complexity index is 901. The van der Waals surface area contributed by atoms with E-state index >= 15 is 0 Å². The number of aromatic hydroxyl groups is 1. The normalized spacial score (nSPS) is 10.7. The van der Waals surface area contributed by atoms with E-state index in [0.29, 0.717) is 25.8 Å². The van der Waals surface area contributed by atoms with Crippen molar-refractivity contribution in [2.75, 3.05) is 0 Å². The van der Waals surface area contributed by atoms with Crippen molar-refractivity contribution in [3.63, 3.8) is 0 Å². The predicted molar refractivity (Wildman–Crippen MR) is 103 cm³/mol. The molecule has 0 bridgehead atoms. The van der Waals surface area contributed by atoms with Crippen LogP contribution in [-0.2, 0) is 6.61 Å². The highest BCUT2D eigenvalue weighted by Crippen LogP contribution is 2.37. The highest BCUT2D eigenvalue weighted by atomic mass is 79.9. The van der Waals surface area contributed by atoms with Gasteiger partial charge in [-0.05, 0) is 34.1 Å². The van der Waals surface area contributed by atoms with Crippen LogP contribution < -0.4 is 4.74 Å². The molecule has 128 valence electrons. The first-order valence-corrected chi connectivity index (χ1v) is 9.23. The second-order valence-corrected chi connectivity index (χ2v) is 7.46. The van der Waals surface area contributed by atoms with Crippen LogP contribution in [0.5, 0.6) is 11.8 Å². The van der Waals surface area contributed by atoms with Gasteiger partial charge in [0.1, 0.15) is 18.1 Å². The van der Waals surface area contributed by atoms with Gasteiger partial charge < -0.3 is 9.84 Å². The average Bonchev–Trinajstić information content (AvgIpc) is 2.56. The number of nitrogens with zero attached hydrogens (tertiary/aromatic N) is 3. The van der Waals surface area contributed by atoms with Crippen LogP contribution >= 0.6 is 55.1 Å². The molecule has 0 aliphatic rings. The maximum atomic E-state index is 10.1. The number of rotatable bonds is 4. The third-order valence-electron chi connectivity index (χ3n) is 3.22. The van der Waals surface area contributed by atoms with Crippen molar-refractivity contribution in [2.24, 2.45) is 0 Å². The summed E-state index contributed by atoms with van der Waals surface area (Å²) >= 11 is 18.8. The highest BCUT2D eigenvalue weighted by molar-refractivity contribution is 9.11. The Morgan fingerprint density at radius 1 is 1.12 bits per heavy atom. The monoisotopic (exact) mass is 503 g/mol. The number of hydrogen-bond acceptors (Lipinski definition) is 5. The van der Waals surface area contributed by atoms with Crippen molar-refractivity contribution in [2.45, 2.75) is 6.61 Å². The number of hydrogen-bond donors (Lipinski definition) is 1. The van der Waals surface area contributed by atoms with Gasteiger partial charge in [-0.25, -0.2) is 4.98 Å². The van der Waals surface area contributed by atoms with Crippen LogP contribution in [0.25, 0.3) is 11.3 Å². The lowest BCUT2D eigenvalue weighted by Crippen LogP contribution is -2.02. The molecular weight excluding hydrogens is 497 g/mol. The van der Waals surface area contributed by atoms with E-state index in [9.17, 15) is 5.11 Å². The SMILES string of the molecule is Oc1cc(Br)cc(Br)c1-c1cnc(OCc2cccc(Cl)c2Cl)nn1. The minimum absolute atomic E-state index is 0.0525. The molecule has 0 radical (unpaired) electrons. The summed E-state index contributed by atoms with van der Waals surface area (Å²) in [4.78, 5) is 4.11. The summed E-state index contributed by atoms with van der Waals surface area (Å²) in [6.45, 7) is 0.160. The lowest BCUT2D eigenvalue weighted by molar-refractivity contribution is 0.277. The average molecular weight is 506 g/mol. The molecule has 0 fully saturated rings. The minimum Gasteiger partial charge on any atom is -0.507 e. The Balaban J connectivity index is 1.78. The first kappa shape index (κ1) is 18.4. The molecule has 1 heterocycles. The molecule has 5 nitrogen and oxygen atoms in total. The van der Waals surface area contributed by atoms with Gasteiger partial charge in [0.25, 0.3) is 0 Å². The second-order valence-electron chi connectivity index (χ2n) is 4.91. The lowest BCUT2D eigenvalue weighted by Gasteiger charge is -2.09. The lowest BCUT2D eigenvalue weighted by atomic mass is 10.1. The van der Waals surface area contributed by atoms with Crippen molar-refractivity contribution in [1.82, 2.24) is 15.2 Å². The molecular formula is C16H9Br2Cl2N3O2. The number of aromatic nitrogens is 3. The molecule has 1 N–H and O–H groups in total. The fourth-order valence-corrected chi connectivity index (χ4v) is 3.84. The summed E-state index contributed by atoms with van der Waals surface area (Å²) in [5.74, 6) is 0.0525. The van der Waals surface area contributed by atoms with E-state index in [1.165, 1.54) is 6.20 Å². The molecule has 9 heteroatoms. The van der Waals surface area contributed by atoms with E-state index in [0.717, 1.165) is 10.0 Å². The molecule has 0 spiro atoms. The fourth-order valence-electron chi connectivity index (χ4n) is 2.06. The van der Waals surface area contributed by atoms with Crippen LogP contribution in [0.2, 0.25) is 10.0 Å². The third-order valence-corrected chi connectivity index (χ3v) is 5.16. The Labute approximate surface area is 170 Å². The Hall–Kier alpha value is -1.41. The topological polar surface area (TPSA) is 68.1 Å². The number of benzene rings is 2. The van der Waals surface area contributed by atoms with E-state index in [4.69, 9.17) is 27.9 Å². The van der Waals surface area contributed by atoms with Crippen molar-refractivity contribution >= 4 is 55.1 Å². The minimum atomic E-state index is 0.0525. The number of phenols is 1. The van der Waals surface area contributed by atoms with Crippen LogP contribution in [0.4, 0.5) is 0 Å². The second kappa shape index (κ2) is 7.86. The molecule has 0 unspecified atom stereocenters. The molecule has 25 heavy (non-hydrogen) atoms. The molecule has 1 aromatic heterocycles. The smallest absolute Gasteiger partial charge is 0.336 e. The van der Waals surface area contributed by atoms with Crippen LogP contribution in [-0.4, -0.2) is 20.3 Å². The van der Waals surface area contributed by atoms with Crippen LogP contribution in [0, 0.1) is 0 Å². The van der Waals surface area contributed by atoms with E-state index < -0.39 is 0 Å². The molecule has 0 amide bonds. The Morgan fingerprint density at radius 2 is 1.92 bits per heavy atom. The summed E-state index contributed by atoms with van der Waals surface area (Å²) in [7, 11) is 0. The van der Waals surface area contributed by atoms with Gasteiger partial charge in [-0.1, -0.05) is 56.4 Å². The zero-order chi connectivity index (χ0) is 18.0. The predicted octanol–water partition coefficient (Wildman–Crippen LogP) is 5.66. The number of phenolic OH excluding ortho intramolecular Hbond substituents is 1. The zero-order valence-electron chi connectivity index (χ0n) is 12.4. The van der Waals surface area contributed by atoms with Crippen LogP contribution in [0.15, 0.2) is 45.5 Å². The van der Waals surface area contributed by atoms with Gasteiger partial charge in [0.05, 0.1) is 21.8 Å². The summed E-state index contributed by atoms with van der Waals surface area (Å²) in [6, 6.07) is 8.72. The van der Waals surface area contributed by atoms with Gasteiger partial charge in [-0.3, -0.25) is 0 Å². The molecule has 0 saturated heterocycles. The first-order valence-electron chi connectivity index (χ1n) is 6.89. The van der Waals surface area contributed by atoms with Crippen molar-refractivity contribution in [3.8, 4) is 23.0 Å². The van der Waals surface area contributed by atoms with E-state index in [2.05, 4.69) is 47.0 Å². The zero-order valence-corrected chi connectivity index (χ0v) is 17.1. The van der Waals surface area contributed by atoms with Gasteiger partial charge in [-0.2, -0.15) is 0 Å². The molecule has 3 rings (SSSR count). The Kier molecular flexibility index (Phi) is 5.78. The standard InChI is InChI=1S/C16H9Br2Cl2N3O2/c17-9-4-10(18)14(13(24)5-9)12-6-21-16(23-22-12)25-7-8-2-1-3-11(19)15(8)20/h1-6,24H,7H2. The maximum absolute atomic E-state index is 10.1. The number of halogens is 4. The summed E-state index contributed by atoms with van der Waals surface area (Å²) in [5.41, 5.74) is 1.62. The molecule has 0 aliphatic heterocycles. The summed E-state index contributed by atoms with van der Waals surface area (Å²) < 4.78 is 6.89. The van der Waals surface area contributed by atoms with Crippen LogP contribution in [0.3, 0.4) is 0 Å². The highest BCUT2D eigenvalue weighted by Gasteiger charge is 2.14. The van der Waals surface area contributed by atoms with E-state index in [1.54, 1.807) is 30.3 Å². The van der Waals surface area contributed by atoms with Gasteiger partial charge in [-0.15, -0.1) is 5.10 Å². The van der Waals surface area contributed by atoms with Crippen molar-refractivity contribution < 1.29 is 9.84 Å². The fraction of sp³-hybridized carbons (Fsp3) is 0.0625. The summed E-state index contributed by atoms with van der Waals surface area (Å²) in [6.07, 6.45) is 1.47. The van der Waals surface area contributed by atoms with E-state index in [1.807, 2.05) is 0 Å². The van der Waals surface area contributed by atoms with Crippen LogP contribution in [0.1, 0.15) is 5.56 Å². The van der Waals surface area contributed by atoms with Gasteiger partial charge >= 0.3 is 6.01 Å². The number of ether oxygens (including phenoxy) is 1. The van der Waals surface area contributed by atoms with Crippen molar-refractivity contribution in [3.05, 3.63) is 61.1 Å². The maximum Gasteiger partial charge on any atom is 0.336 e. The molecule has 3 aromatic rings. The van der Waals surface area contributed by atoms with Crippen molar-refractivity contribution in [1.29, 1.82) is 0 Å². The molecule has 0 atom stereocenters. The Morgan fingerprint density at radius 3 is 2.60 bits per heavy atom.